The molecule has 1 unspecified atom stereocenters. The Kier molecular flexibility index (Phi) is 2.81. The predicted molar refractivity (Wildman–Crippen MR) is 95.2 cm³/mol. The molecule has 0 N–H and O–H groups in total. The molecular weight excluding hydrogens is 351 g/mol. The van der Waals surface area contributed by atoms with Gasteiger partial charge in [-0.05, 0) is 24.3 Å². The highest BCUT2D eigenvalue weighted by atomic mass is 19.1. The van der Waals surface area contributed by atoms with Crippen molar-refractivity contribution in [1.29, 1.82) is 0 Å². The molecule has 2 amide bonds. The number of hydrogen-bond acceptors (Lipinski definition) is 4. The number of para-hydroxylation sites is 1. The first-order valence-electron chi connectivity index (χ1n) is 8.31. The third-order valence-corrected chi connectivity index (χ3v) is 5.49. The van der Waals surface area contributed by atoms with Crippen molar-refractivity contribution in [3.05, 3.63) is 75.4 Å². The van der Waals surface area contributed by atoms with E-state index in [0.717, 1.165) is 12.1 Å². The van der Waals surface area contributed by atoms with Gasteiger partial charge in [-0.3, -0.25) is 14.4 Å². The van der Waals surface area contributed by atoms with Crippen LogP contribution in [0.4, 0.5) is 10.1 Å². The van der Waals surface area contributed by atoms with Gasteiger partial charge in [0.15, 0.2) is 11.0 Å². The third-order valence-electron chi connectivity index (χ3n) is 5.49. The molecule has 0 saturated carbocycles. The lowest BCUT2D eigenvalue weighted by Gasteiger charge is -2.30. The molecule has 3 heterocycles. The number of anilines is 1. The van der Waals surface area contributed by atoms with E-state index in [1.807, 2.05) is 0 Å². The molecule has 2 aliphatic heterocycles. The first-order valence-corrected chi connectivity index (χ1v) is 8.31. The van der Waals surface area contributed by atoms with Crippen LogP contribution in [-0.2, 0) is 10.3 Å². The largest absolute Gasteiger partial charge is 0.450 e. The van der Waals surface area contributed by atoms with Crippen molar-refractivity contribution in [1.82, 2.24) is 4.90 Å². The number of carbonyl (C=O) groups excluding carboxylic acids is 2. The lowest BCUT2D eigenvalue weighted by Crippen LogP contribution is -2.51. The summed E-state index contributed by atoms with van der Waals surface area (Å²) in [6.45, 7) is 0. The second-order valence-corrected chi connectivity index (χ2v) is 6.73. The zero-order chi connectivity index (χ0) is 19.1. The summed E-state index contributed by atoms with van der Waals surface area (Å²) in [7, 11) is 3.06. The number of benzene rings is 2. The second-order valence-electron chi connectivity index (χ2n) is 6.73. The van der Waals surface area contributed by atoms with E-state index < -0.39 is 28.6 Å². The molecule has 2 aliphatic rings. The highest BCUT2D eigenvalue weighted by molar-refractivity contribution is 6.16. The van der Waals surface area contributed by atoms with Crippen LogP contribution in [0.15, 0.2) is 51.7 Å². The predicted octanol–water partition coefficient (Wildman–Crippen LogP) is 2.24. The fraction of sp³-hybridized carbons (Fsp3) is 0.150. The zero-order valence-corrected chi connectivity index (χ0v) is 14.4. The molecule has 5 rings (SSSR count). The van der Waals surface area contributed by atoms with Gasteiger partial charge in [-0.1, -0.05) is 18.2 Å². The fourth-order valence-electron chi connectivity index (χ4n) is 4.22. The first kappa shape index (κ1) is 15.7. The molecular formula is C20H13FN2O4. The van der Waals surface area contributed by atoms with Crippen LogP contribution < -0.4 is 10.3 Å². The van der Waals surface area contributed by atoms with E-state index in [-0.39, 0.29) is 22.3 Å². The number of fused-ring (bicyclic) bond motifs is 5. The Morgan fingerprint density at radius 1 is 1.04 bits per heavy atom. The van der Waals surface area contributed by atoms with Gasteiger partial charge < -0.3 is 14.2 Å². The van der Waals surface area contributed by atoms with Gasteiger partial charge in [0.25, 0.3) is 11.8 Å². The van der Waals surface area contributed by atoms with E-state index in [9.17, 15) is 18.8 Å². The molecule has 1 spiro atoms. The fourth-order valence-corrected chi connectivity index (χ4v) is 4.22. The molecule has 0 bridgehead atoms. The number of likely N-dealkylation sites (N-methyl/N-ethyl adjacent to an activating group) is 2. The van der Waals surface area contributed by atoms with Crippen molar-refractivity contribution in [3.63, 3.8) is 0 Å². The van der Waals surface area contributed by atoms with Crippen molar-refractivity contribution in [2.75, 3.05) is 19.0 Å². The lowest BCUT2D eigenvalue weighted by molar-refractivity contribution is -0.125. The van der Waals surface area contributed by atoms with Crippen molar-refractivity contribution in [2.24, 2.45) is 0 Å². The summed E-state index contributed by atoms with van der Waals surface area (Å²) >= 11 is 0. The Hall–Kier alpha value is -3.48. The van der Waals surface area contributed by atoms with E-state index in [1.54, 1.807) is 31.3 Å². The number of amides is 2. The van der Waals surface area contributed by atoms with Gasteiger partial charge in [0.05, 0.1) is 10.9 Å². The number of hydrogen-bond donors (Lipinski definition) is 0. The summed E-state index contributed by atoms with van der Waals surface area (Å²) in [5.41, 5.74) is -1.02. The molecule has 134 valence electrons. The van der Waals surface area contributed by atoms with Crippen molar-refractivity contribution < 1.29 is 18.4 Å². The number of carbonyl (C=O) groups is 2. The highest BCUT2D eigenvalue weighted by Crippen LogP contribution is 2.51. The molecule has 0 saturated heterocycles. The van der Waals surface area contributed by atoms with Crippen LogP contribution in [0.3, 0.4) is 0 Å². The Labute approximate surface area is 152 Å². The number of nitrogens with zero attached hydrogens (tertiary/aromatic N) is 2. The van der Waals surface area contributed by atoms with Gasteiger partial charge >= 0.3 is 0 Å². The first-order chi connectivity index (χ1) is 12.9. The van der Waals surface area contributed by atoms with Crippen LogP contribution in [0, 0.1) is 5.82 Å². The van der Waals surface area contributed by atoms with Crippen molar-refractivity contribution >= 4 is 28.5 Å². The smallest absolute Gasteiger partial charge is 0.291 e. The Bertz CT molecular complexity index is 1250. The van der Waals surface area contributed by atoms with E-state index in [2.05, 4.69) is 0 Å². The zero-order valence-electron chi connectivity index (χ0n) is 14.4. The summed E-state index contributed by atoms with van der Waals surface area (Å²) in [5, 5.41) is -0.00365. The van der Waals surface area contributed by atoms with E-state index in [4.69, 9.17) is 4.42 Å². The molecule has 0 aliphatic carbocycles. The lowest BCUT2D eigenvalue weighted by atomic mass is 9.84. The molecule has 0 fully saturated rings. The molecule has 7 heteroatoms. The van der Waals surface area contributed by atoms with E-state index in [1.165, 1.54) is 22.9 Å². The molecule has 1 atom stereocenters. The van der Waals surface area contributed by atoms with Gasteiger partial charge in [-0.25, -0.2) is 4.39 Å². The number of rotatable bonds is 0. The van der Waals surface area contributed by atoms with Crippen LogP contribution in [0.25, 0.3) is 11.0 Å². The van der Waals surface area contributed by atoms with Crippen molar-refractivity contribution in [3.8, 4) is 0 Å². The van der Waals surface area contributed by atoms with Gasteiger partial charge in [0.1, 0.15) is 11.4 Å². The summed E-state index contributed by atoms with van der Waals surface area (Å²) < 4.78 is 19.4. The summed E-state index contributed by atoms with van der Waals surface area (Å²) in [5.74, 6) is -1.77. The topological polar surface area (TPSA) is 70.8 Å². The van der Waals surface area contributed by atoms with Crippen LogP contribution in [-0.4, -0.2) is 30.8 Å². The van der Waals surface area contributed by atoms with Crippen molar-refractivity contribution in [2.45, 2.75) is 5.54 Å². The number of halogens is 1. The summed E-state index contributed by atoms with van der Waals surface area (Å²) in [6, 6.07) is 10.5. The molecule has 0 radical (unpaired) electrons. The summed E-state index contributed by atoms with van der Waals surface area (Å²) in [6.07, 6.45) is 0. The van der Waals surface area contributed by atoms with Crippen LogP contribution in [0.2, 0.25) is 0 Å². The van der Waals surface area contributed by atoms with E-state index >= 15 is 0 Å². The molecule has 6 nitrogen and oxygen atoms in total. The van der Waals surface area contributed by atoms with Crippen LogP contribution in [0.1, 0.15) is 21.7 Å². The van der Waals surface area contributed by atoms with E-state index in [0.29, 0.717) is 11.3 Å². The third kappa shape index (κ3) is 1.62. The van der Waals surface area contributed by atoms with Gasteiger partial charge in [-0.2, -0.15) is 0 Å². The highest BCUT2D eigenvalue weighted by Gasteiger charge is 2.63. The average Bonchev–Trinajstić information content (AvgIpc) is 3.03. The summed E-state index contributed by atoms with van der Waals surface area (Å²) in [4.78, 5) is 42.2. The molecule has 1 aromatic heterocycles. The van der Waals surface area contributed by atoms with Gasteiger partial charge in [-0.15, -0.1) is 0 Å². The van der Waals surface area contributed by atoms with Gasteiger partial charge in [0, 0.05) is 25.3 Å². The Morgan fingerprint density at radius 3 is 2.56 bits per heavy atom. The molecule has 3 aromatic rings. The molecule has 27 heavy (non-hydrogen) atoms. The maximum absolute atomic E-state index is 13.7. The minimum absolute atomic E-state index is 0.00365. The standard InChI is InChI=1S/C20H13FN2O4/c1-22-13-6-4-3-5-12(13)20(19(22)26)15-16(24)11-9-10(21)7-8-14(11)27-17(15)18(25)23(20)2/h3-9H,1-2H3. The normalized spacial score (nSPS) is 20.7. The monoisotopic (exact) mass is 364 g/mol. The molecule has 2 aromatic carbocycles. The van der Waals surface area contributed by atoms with Crippen LogP contribution in [0.5, 0.6) is 0 Å². The maximum atomic E-state index is 13.7. The second kappa shape index (κ2) is 4.82. The quantitative estimate of drug-likeness (QED) is 0.613. The van der Waals surface area contributed by atoms with Gasteiger partial charge in [0.2, 0.25) is 5.76 Å². The minimum atomic E-state index is -1.61. The Morgan fingerprint density at radius 2 is 1.78 bits per heavy atom. The average molecular weight is 364 g/mol. The SMILES string of the molecule is CN1C(=O)C2(c3ccccc31)c1c(oc3ccc(F)cc3c1=O)C(=O)N2C. The Balaban J connectivity index is 1.98. The van der Waals surface area contributed by atoms with Crippen LogP contribution >= 0.6 is 0 Å². The maximum Gasteiger partial charge on any atom is 0.291 e. The minimum Gasteiger partial charge on any atom is -0.450 e.